The summed E-state index contributed by atoms with van der Waals surface area (Å²) in [6, 6.07) is 0. The van der Waals surface area contributed by atoms with Crippen molar-refractivity contribution in [3.8, 4) is 0 Å². The lowest BCUT2D eigenvalue weighted by Crippen LogP contribution is -2.27. The van der Waals surface area contributed by atoms with Crippen molar-refractivity contribution in [2.45, 2.75) is 31.2 Å². The Hall–Kier alpha value is -0.310. The quantitative estimate of drug-likeness (QED) is 0.394. The van der Waals surface area contributed by atoms with Crippen molar-refractivity contribution in [3.05, 3.63) is 12.2 Å². The number of halogens is 1. The number of allylic oxidation sites excluding steroid dienone is 1. The standard InChI is InChI=1S/C9H13BrO2/c1-6-5-8(10)3-4-9(6)12-7(2)11/h3-4,6,8-9H,5H2,1-2H3/t6-,8+,9-/m0/s1. The fourth-order valence-corrected chi connectivity index (χ4v) is 2.10. The molecule has 0 fully saturated rings. The van der Waals surface area contributed by atoms with Crippen LogP contribution in [0.1, 0.15) is 20.3 Å². The van der Waals surface area contributed by atoms with Gasteiger partial charge in [0.2, 0.25) is 0 Å². The van der Waals surface area contributed by atoms with Crippen LogP contribution in [0.25, 0.3) is 0 Å². The van der Waals surface area contributed by atoms with Crippen molar-refractivity contribution in [1.29, 1.82) is 0 Å². The maximum atomic E-state index is 10.7. The Kier molecular flexibility index (Phi) is 3.32. The highest BCUT2D eigenvalue weighted by atomic mass is 79.9. The summed E-state index contributed by atoms with van der Waals surface area (Å²) in [7, 11) is 0. The van der Waals surface area contributed by atoms with E-state index < -0.39 is 0 Å². The Morgan fingerprint density at radius 1 is 1.58 bits per heavy atom. The lowest BCUT2D eigenvalue weighted by Gasteiger charge is -2.25. The molecule has 0 aromatic carbocycles. The van der Waals surface area contributed by atoms with Gasteiger partial charge in [0.05, 0.1) is 0 Å². The van der Waals surface area contributed by atoms with E-state index in [0.717, 1.165) is 6.42 Å². The zero-order valence-corrected chi connectivity index (χ0v) is 8.87. The van der Waals surface area contributed by atoms with E-state index >= 15 is 0 Å². The Labute approximate surface area is 81.1 Å². The number of rotatable bonds is 1. The zero-order valence-electron chi connectivity index (χ0n) is 7.29. The smallest absolute Gasteiger partial charge is 0.303 e. The van der Waals surface area contributed by atoms with E-state index in [4.69, 9.17) is 4.74 Å². The van der Waals surface area contributed by atoms with Crippen LogP contribution < -0.4 is 0 Å². The molecule has 0 radical (unpaired) electrons. The van der Waals surface area contributed by atoms with Crippen LogP contribution in [0.2, 0.25) is 0 Å². The van der Waals surface area contributed by atoms with Crippen LogP contribution in [0.5, 0.6) is 0 Å². The Balaban J connectivity index is 2.54. The van der Waals surface area contributed by atoms with Gasteiger partial charge in [0, 0.05) is 11.8 Å². The van der Waals surface area contributed by atoms with Crippen molar-refractivity contribution in [2.24, 2.45) is 5.92 Å². The maximum absolute atomic E-state index is 10.7. The molecule has 0 saturated heterocycles. The molecular weight excluding hydrogens is 220 g/mol. The second kappa shape index (κ2) is 4.08. The molecule has 68 valence electrons. The van der Waals surface area contributed by atoms with Crippen LogP contribution in [0.15, 0.2) is 12.2 Å². The average Bonchev–Trinajstić information content (AvgIpc) is 1.94. The highest BCUT2D eigenvalue weighted by Gasteiger charge is 2.23. The minimum atomic E-state index is -0.204. The Bertz CT molecular complexity index is 201. The normalized spacial score (nSPS) is 34.8. The van der Waals surface area contributed by atoms with Gasteiger partial charge in [-0.25, -0.2) is 0 Å². The molecule has 3 atom stereocenters. The number of carbonyl (C=O) groups excluding carboxylic acids is 1. The second-order valence-corrected chi connectivity index (χ2v) is 4.36. The van der Waals surface area contributed by atoms with Crippen LogP contribution in [-0.2, 0) is 9.53 Å². The minimum absolute atomic E-state index is 0.0312. The lowest BCUT2D eigenvalue weighted by molar-refractivity contribution is -0.146. The number of carbonyl (C=O) groups is 1. The molecule has 0 amide bonds. The fraction of sp³-hybridized carbons (Fsp3) is 0.667. The van der Waals surface area contributed by atoms with Crippen LogP contribution in [0.4, 0.5) is 0 Å². The molecule has 2 nitrogen and oxygen atoms in total. The first-order valence-corrected chi connectivity index (χ1v) is 5.01. The maximum Gasteiger partial charge on any atom is 0.303 e. The highest BCUT2D eigenvalue weighted by molar-refractivity contribution is 9.09. The van der Waals surface area contributed by atoms with Crippen molar-refractivity contribution < 1.29 is 9.53 Å². The summed E-state index contributed by atoms with van der Waals surface area (Å²) in [5.74, 6) is 0.202. The van der Waals surface area contributed by atoms with Gasteiger partial charge in [-0.2, -0.15) is 0 Å². The monoisotopic (exact) mass is 232 g/mol. The molecule has 1 aliphatic rings. The van der Waals surface area contributed by atoms with E-state index in [1.54, 1.807) is 0 Å². The van der Waals surface area contributed by atoms with Crippen LogP contribution in [0, 0.1) is 5.92 Å². The first-order valence-electron chi connectivity index (χ1n) is 4.09. The number of hydrogen-bond donors (Lipinski definition) is 0. The minimum Gasteiger partial charge on any atom is -0.458 e. The summed E-state index contributed by atoms with van der Waals surface area (Å²) >= 11 is 3.50. The Morgan fingerprint density at radius 2 is 2.25 bits per heavy atom. The Morgan fingerprint density at radius 3 is 2.75 bits per heavy atom. The van der Waals surface area contributed by atoms with Crippen LogP contribution in [0.3, 0.4) is 0 Å². The largest absolute Gasteiger partial charge is 0.458 e. The number of hydrogen-bond acceptors (Lipinski definition) is 2. The number of esters is 1. The third-order valence-electron chi connectivity index (χ3n) is 1.97. The van der Waals surface area contributed by atoms with E-state index in [1.165, 1.54) is 6.92 Å². The lowest BCUT2D eigenvalue weighted by atomic mass is 9.93. The summed E-state index contributed by atoms with van der Waals surface area (Å²) in [6.07, 6.45) is 4.98. The molecule has 0 N–H and O–H groups in total. The van der Waals surface area contributed by atoms with Crippen molar-refractivity contribution in [2.75, 3.05) is 0 Å². The topological polar surface area (TPSA) is 26.3 Å². The van der Waals surface area contributed by atoms with Crippen LogP contribution in [-0.4, -0.2) is 16.9 Å². The van der Waals surface area contributed by atoms with E-state index in [1.807, 2.05) is 12.2 Å². The van der Waals surface area contributed by atoms with Gasteiger partial charge in [0.25, 0.3) is 0 Å². The van der Waals surface area contributed by atoms with Gasteiger partial charge in [0.15, 0.2) is 0 Å². The van der Waals surface area contributed by atoms with E-state index in [0.29, 0.717) is 10.7 Å². The summed E-state index contributed by atoms with van der Waals surface area (Å²) in [5.41, 5.74) is 0. The first kappa shape index (κ1) is 9.78. The number of alkyl halides is 1. The second-order valence-electron chi connectivity index (χ2n) is 3.19. The van der Waals surface area contributed by atoms with Gasteiger partial charge in [-0.15, -0.1) is 0 Å². The van der Waals surface area contributed by atoms with Gasteiger partial charge < -0.3 is 4.74 Å². The molecule has 0 heterocycles. The number of ether oxygens (including phenoxy) is 1. The van der Waals surface area contributed by atoms with Gasteiger partial charge in [-0.3, -0.25) is 4.79 Å². The van der Waals surface area contributed by atoms with Crippen LogP contribution >= 0.6 is 15.9 Å². The van der Waals surface area contributed by atoms with Crippen molar-refractivity contribution in [3.63, 3.8) is 0 Å². The molecule has 3 heteroatoms. The average molecular weight is 233 g/mol. The molecule has 1 aliphatic carbocycles. The zero-order chi connectivity index (χ0) is 9.14. The summed E-state index contributed by atoms with van der Waals surface area (Å²) in [4.78, 5) is 11.1. The van der Waals surface area contributed by atoms with E-state index in [9.17, 15) is 4.79 Å². The summed E-state index contributed by atoms with van der Waals surface area (Å²) in [6.45, 7) is 3.53. The fourth-order valence-electron chi connectivity index (χ4n) is 1.33. The predicted octanol–water partition coefficient (Wildman–Crippen LogP) is 2.28. The molecule has 0 unspecified atom stereocenters. The molecule has 1 rings (SSSR count). The molecule has 0 aromatic rings. The molecule has 0 aliphatic heterocycles. The molecule has 0 bridgehead atoms. The van der Waals surface area contributed by atoms with Gasteiger partial charge >= 0.3 is 5.97 Å². The summed E-state index contributed by atoms with van der Waals surface area (Å²) < 4.78 is 5.11. The van der Waals surface area contributed by atoms with Gasteiger partial charge in [-0.1, -0.05) is 28.9 Å². The third-order valence-corrected chi connectivity index (χ3v) is 2.65. The van der Waals surface area contributed by atoms with Crippen molar-refractivity contribution in [1.82, 2.24) is 0 Å². The molecule has 0 saturated carbocycles. The van der Waals surface area contributed by atoms with E-state index in [2.05, 4.69) is 22.9 Å². The van der Waals surface area contributed by atoms with Gasteiger partial charge in [-0.05, 0) is 18.4 Å². The molecular formula is C9H13BrO2. The molecule has 0 spiro atoms. The van der Waals surface area contributed by atoms with Gasteiger partial charge in [0.1, 0.15) is 6.10 Å². The summed E-state index contributed by atoms with van der Waals surface area (Å²) in [5, 5.41) is 0. The molecule has 0 aromatic heterocycles. The highest BCUT2D eigenvalue weighted by Crippen LogP contribution is 2.25. The van der Waals surface area contributed by atoms with Crippen molar-refractivity contribution >= 4 is 21.9 Å². The van der Waals surface area contributed by atoms with E-state index in [-0.39, 0.29) is 12.1 Å². The SMILES string of the molecule is CC(=O)O[C@H]1C=C[C@@H](Br)C[C@@H]1C. The molecule has 12 heavy (non-hydrogen) atoms. The third kappa shape index (κ3) is 2.63. The first-order chi connectivity index (χ1) is 5.59. The predicted molar refractivity (Wildman–Crippen MR) is 51.2 cm³/mol.